The van der Waals surface area contributed by atoms with Crippen LogP contribution in [0.3, 0.4) is 0 Å². The molecule has 0 saturated carbocycles. The first kappa shape index (κ1) is 31.9. The molecule has 0 aliphatic rings. The highest BCUT2D eigenvalue weighted by Gasteiger charge is 2.22. The van der Waals surface area contributed by atoms with Gasteiger partial charge in [0, 0.05) is 49.6 Å². The molecule has 11 aromatic rings. The summed E-state index contributed by atoms with van der Waals surface area (Å²) in [7, 11) is 0. The number of hydrogen-bond acceptors (Lipinski definition) is 3. The quantitative estimate of drug-likeness (QED) is 0.172. The van der Waals surface area contributed by atoms with Gasteiger partial charge in [-0.2, -0.15) is 0 Å². The third-order valence-electron chi connectivity index (χ3n) is 10.8. The van der Waals surface area contributed by atoms with Crippen LogP contribution in [0.15, 0.2) is 200 Å². The molecule has 0 radical (unpaired) electrons. The monoisotopic (exact) mass is 715 g/mol. The van der Waals surface area contributed by atoms with Gasteiger partial charge >= 0.3 is 0 Å². The molecule has 262 valence electrons. The summed E-state index contributed by atoms with van der Waals surface area (Å²) in [4.78, 5) is 15.2. The van der Waals surface area contributed by atoms with E-state index in [1.54, 1.807) is 0 Å². The van der Waals surface area contributed by atoms with Gasteiger partial charge in [0.05, 0.1) is 22.1 Å². The molecule has 5 heteroatoms. The predicted octanol–water partition coefficient (Wildman–Crippen LogP) is 12.7. The standard InChI is InChI=1S/C51H33N5/c1-5-17-34(18-6-1)43-33-38(29-30-41(43)51-53-49(35-19-7-2-8-20-35)52-50(54-51)36-21-9-3-10-22-36)55-45-28-16-14-26-42(45)47-46(55)32-31-40-39-25-13-15-27-44(39)56(48(40)47)37-23-11-4-12-24-37/h1-33H. The van der Waals surface area contributed by atoms with E-state index < -0.39 is 0 Å². The molecule has 0 unspecified atom stereocenters. The van der Waals surface area contributed by atoms with Crippen molar-refractivity contribution in [3.8, 4) is 56.7 Å². The minimum absolute atomic E-state index is 0.624. The van der Waals surface area contributed by atoms with Crippen molar-refractivity contribution in [3.63, 3.8) is 0 Å². The molecule has 0 atom stereocenters. The number of hydrogen-bond donors (Lipinski definition) is 0. The van der Waals surface area contributed by atoms with Crippen LogP contribution >= 0.6 is 0 Å². The van der Waals surface area contributed by atoms with E-state index in [2.05, 4.69) is 149 Å². The highest BCUT2D eigenvalue weighted by Crippen LogP contribution is 2.43. The Morgan fingerprint density at radius 3 is 1.46 bits per heavy atom. The minimum Gasteiger partial charge on any atom is -0.309 e. The summed E-state index contributed by atoms with van der Waals surface area (Å²) in [5, 5.41) is 4.90. The second kappa shape index (κ2) is 13.0. The summed E-state index contributed by atoms with van der Waals surface area (Å²) in [6, 6.07) is 70.3. The van der Waals surface area contributed by atoms with Crippen LogP contribution in [0.5, 0.6) is 0 Å². The number of aromatic nitrogens is 5. The van der Waals surface area contributed by atoms with E-state index in [-0.39, 0.29) is 0 Å². The van der Waals surface area contributed by atoms with E-state index in [0.29, 0.717) is 17.5 Å². The average Bonchev–Trinajstić information content (AvgIpc) is 3.80. The molecule has 0 amide bonds. The van der Waals surface area contributed by atoms with Crippen LogP contribution in [0, 0.1) is 0 Å². The Morgan fingerprint density at radius 2 is 0.821 bits per heavy atom. The Morgan fingerprint density at radius 1 is 0.304 bits per heavy atom. The predicted molar refractivity (Wildman–Crippen MR) is 230 cm³/mol. The highest BCUT2D eigenvalue weighted by atomic mass is 15.0. The molecule has 56 heavy (non-hydrogen) atoms. The van der Waals surface area contributed by atoms with Crippen molar-refractivity contribution in [2.24, 2.45) is 0 Å². The van der Waals surface area contributed by atoms with Gasteiger partial charge in [-0.1, -0.05) is 152 Å². The van der Waals surface area contributed by atoms with Crippen LogP contribution in [-0.4, -0.2) is 24.1 Å². The Kier molecular flexibility index (Phi) is 7.42. The van der Waals surface area contributed by atoms with E-state index >= 15 is 0 Å². The lowest BCUT2D eigenvalue weighted by atomic mass is 9.98. The van der Waals surface area contributed by atoms with Gasteiger partial charge in [-0.05, 0) is 59.7 Å². The normalized spacial score (nSPS) is 11.6. The van der Waals surface area contributed by atoms with Crippen LogP contribution in [0.4, 0.5) is 0 Å². The number of fused-ring (bicyclic) bond motifs is 7. The fraction of sp³-hybridized carbons (Fsp3) is 0. The van der Waals surface area contributed by atoms with Crippen molar-refractivity contribution in [3.05, 3.63) is 200 Å². The largest absolute Gasteiger partial charge is 0.309 e. The lowest BCUT2D eigenvalue weighted by molar-refractivity contribution is 1.07. The molecule has 3 aromatic heterocycles. The molecular weight excluding hydrogens is 683 g/mol. The molecule has 0 bridgehead atoms. The van der Waals surface area contributed by atoms with Crippen molar-refractivity contribution in [2.45, 2.75) is 0 Å². The molecule has 5 nitrogen and oxygen atoms in total. The lowest BCUT2D eigenvalue weighted by Gasteiger charge is -2.15. The Hall–Kier alpha value is -7.63. The Balaban J connectivity index is 1.19. The Labute approximate surface area is 323 Å². The van der Waals surface area contributed by atoms with E-state index in [9.17, 15) is 0 Å². The zero-order valence-corrected chi connectivity index (χ0v) is 30.3. The van der Waals surface area contributed by atoms with Gasteiger partial charge in [-0.3, -0.25) is 0 Å². The second-order valence-electron chi connectivity index (χ2n) is 14.0. The smallest absolute Gasteiger partial charge is 0.164 e. The molecule has 11 rings (SSSR count). The van der Waals surface area contributed by atoms with E-state index in [1.165, 1.54) is 32.6 Å². The first-order valence-corrected chi connectivity index (χ1v) is 18.9. The van der Waals surface area contributed by atoms with Crippen molar-refractivity contribution < 1.29 is 0 Å². The molecule has 0 spiro atoms. The van der Waals surface area contributed by atoms with Gasteiger partial charge in [0.1, 0.15) is 0 Å². The van der Waals surface area contributed by atoms with Crippen molar-refractivity contribution in [1.82, 2.24) is 24.1 Å². The van der Waals surface area contributed by atoms with E-state index in [4.69, 9.17) is 15.0 Å². The maximum Gasteiger partial charge on any atom is 0.164 e. The van der Waals surface area contributed by atoms with Gasteiger partial charge in [0.25, 0.3) is 0 Å². The molecule has 0 aliphatic heterocycles. The first-order valence-electron chi connectivity index (χ1n) is 18.9. The van der Waals surface area contributed by atoms with Crippen LogP contribution in [0.1, 0.15) is 0 Å². The van der Waals surface area contributed by atoms with Crippen molar-refractivity contribution >= 4 is 43.6 Å². The molecule has 0 aliphatic carbocycles. The number of nitrogens with zero attached hydrogens (tertiary/aromatic N) is 5. The average molecular weight is 716 g/mol. The maximum atomic E-state index is 5.14. The summed E-state index contributed by atoms with van der Waals surface area (Å²) < 4.78 is 4.84. The topological polar surface area (TPSA) is 48.5 Å². The fourth-order valence-corrected chi connectivity index (χ4v) is 8.28. The zero-order valence-electron chi connectivity index (χ0n) is 30.3. The summed E-state index contributed by atoms with van der Waals surface area (Å²) in [6.45, 7) is 0. The minimum atomic E-state index is 0.624. The van der Waals surface area contributed by atoms with Crippen molar-refractivity contribution in [2.75, 3.05) is 0 Å². The SMILES string of the molecule is c1ccc(-c2nc(-c3ccccc3)nc(-c3ccc(-n4c5ccccc5c5c4ccc4c6ccccc6n(-c6ccccc6)c45)cc3-c3ccccc3)n2)cc1. The zero-order chi connectivity index (χ0) is 37.0. The van der Waals surface area contributed by atoms with Crippen molar-refractivity contribution in [1.29, 1.82) is 0 Å². The molecule has 0 saturated heterocycles. The second-order valence-corrected chi connectivity index (χ2v) is 14.0. The van der Waals surface area contributed by atoms with Gasteiger partial charge < -0.3 is 9.13 Å². The maximum absolute atomic E-state index is 5.14. The molecule has 8 aromatic carbocycles. The summed E-state index contributed by atoms with van der Waals surface area (Å²) in [5.74, 6) is 1.90. The molecule has 0 fully saturated rings. The van der Waals surface area contributed by atoms with Gasteiger partial charge in [-0.25, -0.2) is 15.0 Å². The summed E-state index contributed by atoms with van der Waals surface area (Å²) in [6.07, 6.45) is 0. The Bertz CT molecular complexity index is 3160. The number of para-hydroxylation sites is 3. The summed E-state index contributed by atoms with van der Waals surface area (Å²) in [5.41, 5.74) is 11.8. The lowest BCUT2D eigenvalue weighted by Crippen LogP contribution is -2.02. The summed E-state index contributed by atoms with van der Waals surface area (Å²) >= 11 is 0. The molecular formula is C51H33N5. The van der Waals surface area contributed by atoms with Crippen LogP contribution in [-0.2, 0) is 0 Å². The van der Waals surface area contributed by atoms with Gasteiger partial charge in [0.15, 0.2) is 17.5 Å². The third-order valence-corrected chi connectivity index (χ3v) is 10.8. The van der Waals surface area contributed by atoms with Crippen LogP contribution < -0.4 is 0 Å². The van der Waals surface area contributed by atoms with Crippen LogP contribution in [0.2, 0.25) is 0 Å². The highest BCUT2D eigenvalue weighted by molar-refractivity contribution is 6.26. The molecule has 0 N–H and O–H groups in total. The van der Waals surface area contributed by atoms with E-state index in [0.717, 1.165) is 50.2 Å². The third kappa shape index (κ3) is 5.13. The number of rotatable bonds is 6. The van der Waals surface area contributed by atoms with E-state index in [1.807, 2.05) is 60.7 Å². The van der Waals surface area contributed by atoms with Gasteiger partial charge in [-0.15, -0.1) is 0 Å². The van der Waals surface area contributed by atoms with Crippen LogP contribution in [0.25, 0.3) is 100 Å². The fourth-order valence-electron chi connectivity index (χ4n) is 8.28. The molecule has 3 heterocycles. The first-order chi connectivity index (χ1) is 27.8. The van der Waals surface area contributed by atoms with Gasteiger partial charge in [0.2, 0.25) is 0 Å². The number of benzene rings is 8.